The number of aliphatic hydroxyl groups excluding tert-OH is 2. The molecule has 39 heavy (non-hydrogen) atoms. The Kier molecular flexibility index (Phi) is 6.01. The van der Waals surface area contributed by atoms with Crippen LogP contribution < -0.4 is 11.5 Å². The predicted octanol–water partition coefficient (Wildman–Crippen LogP) is 3.00. The van der Waals surface area contributed by atoms with Crippen LogP contribution in [-0.4, -0.2) is 43.5 Å². The number of Topliss-reactive ketones (excluding diaryl/α,β-unsaturated/α-hetero) is 2. The number of carbonyl (C=O) groups is 3. The third-order valence-electron chi connectivity index (χ3n) is 8.42. The molecule has 0 saturated heterocycles. The molecule has 9 heteroatoms. The third-order valence-corrected chi connectivity index (χ3v) is 8.42. The quantitative estimate of drug-likeness (QED) is 0.326. The zero-order valence-electron chi connectivity index (χ0n) is 22.0. The molecule has 0 saturated carbocycles. The fraction of sp³-hybridized carbons (Fsp3) is 0.367. The average molecular weight is 533 g/mol. The molecule has 2 aromatic carbocycles. The van der Waals surface area contributed by atoms with E-state index in [0.717, 1.165) is 16.7 Å². The van der Waals surface area contributed by atoms with Gasteiger partial charge >= 0.3 is 0 Å². The fourth-order valence-corrected chi connectivity index (χ4v) is 6.31. The standard InChI is InChI=1S/C30H32N2O7/c1-29(2,3)16-6-4-13(5-7-16)18-10-15(12-31)24(34)22-19(18)9-14-8-17-11-20(33)23(28(32)38)27(37)30(17,39)26(36)21(14)25(22)35/h4-7,10,14,17,33-34,36,39H,8-9,11-12,31H2,1-3H3,(H2,32,38)/t14-,17+,30+/m1/s1. The van der Waals surface area contributed by atoms with E-state index in [1.54, 1.807) is 6.07 Å². The van der Waals surface area contributed by atoms with Gasteiger partial charge in [0.25, 0.3) is 5.91 Å². The van der Waals surface area contributed by atoms with Gasteiger partial charge in [0.1, 0.15) is 22.8 Å². The number of nitrogens with two attached hydrogens (primary N) is 2. The molecule has 3 aliphatic rings. The van der Waals surface area contributed by atoms with Gasteiger partial charge in [-0.2, -0.15) is 0 Å². The van der Waals surface area contributed by atoms with E-state index in [0.29, 0.717) is 11.1 Å². The number of carbonyl (C=O) groups excluding carboxylic acids is 3. The molecule has 0 aromatic heterocycles. The van der Waals surface area contributed by atoms with Crippen molar-refractivity contribution >= 4 is 17.5 Å². The molecular formula is C30H32N2O7. The van der Waals surface area contributed by atoms with E-state index in [1.807, 2.05) is 24.3 Å². The van der Waals surface area contributed by atoms with Crippen LogP contribution in [0.25, 0.3) is 11.1 Å². The highest BCUT2D eigenvalue weighted by Gasteiger charge is 2.59. The van der Waals surface area contributed by atoms with Crippen molar-refractivity contribution in [3.05, 3.63) is 75.3 Å². The predicted molar refractivity (Wildman–Crippen MR) is 143 cm³/mol. The first-order chi connectivity index (χ1) is 18.2. The molecule has 0 fully saturated rings. The Hall–Kier alpha value is -3.95. The number of fused-ring (bicyclic) bond motifs is 3. The molecule has 3 atom stereocenters. The summed E-state index contributed by atoms with van der Waals surface area (Å²) in [6, 6.07) is 9.69. The van der Waals surface area contributed by atoms with Gasteiger partial charge in [-0.3, -0.25) is 14.4 Å². The lowest BCUT2D eigenvalue weighted by atomic mass is 9.60. The van der Waals surface area contributed by atoms with E-state index in [9.17, 15) is 34.8 Å². The number of aromatic hydroxyl groups is 1. The second-order valence-electron chi connectivity index (χ2n) is 11.7. The number of phenols is 1. The molecule has 204 valence electrons. The number of allylic oxidation sites excluding steroid dienone is 2. The van der Waals surface area contributed by atoms with Crippen molar-refractivity contribution in [2.24, 2.45) is 23.3 Å². The number of benzene rings is 2. The Bertz CT molecular complexity index is 1510. The van der Waals surface area contributed by atoms with Gasteiger partial charge < -0.3 is 31.9 Å². The summed E-state index contributed by atoms with van der Waals surface area (Å²) in [5, 5.41) is 44.1. The van der Waals surface area contributed by atoms with Crippen molar-refractivity contribution in [3.8, 4) is 16.9 Å². The van der Waals surface area contributed by atoms with E-state index in [2.05, 4.69) is 20.8 Å². The van der Waals surface area contributed by atoms with Crippen LogP contribution in [0.2, 0.25) is 0 Å². The summed E-state index contributed by atoms with van der Waals surface area (Å²) < 4.78 is 0. The minimum absolute atomic E-state index is 0.0375. The molecular weight excluding hydrogens is 500 g/mol. The van der Waals surface area contributed by atoms with E-state index in [4.69, 9.17) is 11.5 Å². The third kappa shape index (κ3) is 3.79. The van der Waals surface area contributed by atoms with Crippen molar-refractivity contribution in [2.45, 2.75) is 57.6 Å². The maximum absolute atomic E-state index is 13.9. The van der Waals surface area contributed by atoms with Crippen LogP contribution in [0, 0.1) is 11.8 Å². The Morgan fingerprint density at radius 1 is 1.08 bits per heavy atom. The summed E-state index contributed by atoms with van der Waals surface area (Å²) in [5.41, 5.74) is 11.1. The number of amides is 1. The Morgan fingerprint density at radius 3 is 2.28 bits per heavy atom. The van der Waals surface area contributed by atoms with Crippen LogP contribution in [0.3, 0.4) is 0 Å². The SMILES string of the molecule is CC(C)(C)c1ccc(-c2cc(CN)c(O)c3c2C[C@H]2C[C@H]4CC(O)=C(C(N)=O)C(=O)[C@@]4(O)C(O)=C2C3=O)cc1. The zero-order valence-corrected chi connectivity index (χ0v) is 22.0. The molecule has 5 rings (SSSR count). The summed E-state index contributed by atoms with van der Waals surface area (Å²) in [5.74, 6) is -6.54. The number of primary amides is 1. The molecule has 9 nitrogen and oxygen atoms in total. The van der Waals surface area contributed by atoms with Gasteiger partial charge in [0.2, 0.25) is 5.78 Å². The van der Waals surface area contributed by atoms with Gasteiger partial charge in [-0.1, -0.05) is 45.0 Å². The molecule has 0 heterocycles. The summed E-state index contributed by atoms with van der Waals surface area (Å²) in [7, 11) is 0. The molecule has 0 bridgehead atoms. The lowest BCUT2D eigenvalue weighted by Gasteiger charge is -2.45. The van der Waals surface area contributed by atoms with Crippen molar-refractivity contribution < 1.29 is 34.8 Å². The smallest absolute Gasteiger partial charge is 0.255 e. The number of aliphatic hydroxyl groups is 3. The zero-order chi connectivity index (χ0) is 28.6. The first kappa shape index (κ1) is 26.6. The minimum Gasteiger partial charge on any atom is -0.511 e. The van der Waals surface area contributed by atoms with Gasteiger partial charge in [0.05, 0.1) is 5.56 Å². The molecule has 8 N–H and O–H groups in total. The number of hydrogen-bond acceptors (Lipinski definition) is 8. The number of ketones is 2. The summed E-state index contributed by atoms with van der Waals surface area (Å²) >= 11 is 0. The normalized spacial score (nSPS) is 24.8. The highest BCUT2D eigenvalue weighted by atomic mass is 16.3. The molecule has 0 aliphatic heterocycles. The van der Waals surface area contributed by atoms with Crippen LogP contribution in [0.5, 0.6) is 5.75 Å². The maximum atomic E-state index is 13.9. The highest BCUT2D eigenvalue weighted by molar-refractivity contribution is 6.24. The average Bonchev–Trinajstić information content (AvgIpc) is 2.85. The second kappa shape index (κ2) is 8.79. The van der Waals surface area contributed by atoms with Gasteiger partial charge in [-0.15, -0.1) is 0 Å². The Balaban J connectivity index is 1.69. The lowest BCUT2D eigenvalue weighted by molar-refractivity contribution is -0.144. The fourth-order valence-electron chi connectivity index (χ4n) is 6.31. The lowest BCUT2D eigenvalue weighted by Crippen LogP contribution is -2.57. The molecule has 0 unspecified atom stereocenters. The monoisotopic (exact) mass is 532 g/mol. The van der Waals surface area contributed by atoms with Crippen LogP contribution in [0.4, 0.5) is 0 Å². The Morgan fingerprint density at radius 2 is 1.72 bits per heavy atom. The van der Waals surface area contributed by atoms with Crippen molar-refractivity contribution in [2.75, 3.05) is 0 Å². The second-order valence-corrected chi connectivity index (χ2v) is 11.7. The highest BCUT2D eigenvalue weighted by Crippen LogP contribution is 2.52. The number of phenolic OH excluding ortho intramolecular Hbond substituents is 1. The first-order valence-electron chi connectivity index (χ1n) is 12.9. The molecule has 0 radical (unpaired) electrons. The maximum Gasteiger partial charge on any atom is 0.255 e. The number of rotatable bonds is 3. The van der Waals surface area contributed by atoms with Gasteiger partial charge in [-0.25, -0.2) is 0 Å². The first-order valence-corrected chi connectivity index (χ1v) is 12.9. The van der Waals surface area contributed by atoms with Gasteiger partial charge in [0, 0.05) is 30.0 Å². The van der Waals surface area contributed by atoms with Crippen molar-refractivity contribution in [3.63, 3.8) is 0 Å². The van der Waals surface area contributed by atoms with Crippen LogP contribution >= 0.6 is 0 Å². The molecule has 2 aromatic rings. The molecule has 3 aliphatic carbocycles. The topological polar surface area (TPSA) is 184 Å². The van der Waals surface area contributed by atoms with Gasteiger partial charge in [0.15, 0.2) is 11.4 Å². The summed E-state index contributed by atoms with van der Waals surface area (Å²) in [4.78, 5) is 38.9. The van der Waals surface area contributed by atoms with Crippen LogP contribution in [0.15, 0.2) is 53.0 Å². The Labute approximate surface area is 225 Å². The van der Waals surface area contributed by atoms with Crippen LogP contribution in [0.1, 0.15) is 60.7 Å². The molecule has 1 amide bonds. The van der Waals surface area contributed by atoms with E-state index >= 15 is 0 Å². The van der Waals surface area contributed by atoms with E-state index in [-0.39, 0.29) is 48.1 Å². The van der Waals surface area contributed by atoms with Gasteiger partial charge in [-0.05, 0) is 52.5 Å². The molecule has 0 spiro atoms. The number of hydrogen-bond donors (Lipinski definition) is 6. The largest absolute Gasteiger partial charge is 0.511 e. The van der Waals surface area contributed by atoms with E-state index < -0.39 is 52.0 Å². The summed E-state index contributed by atoms with van der Waals surface area (Å²) in [6.45, 7) is 6.27. The minimum atomic E-state index is -2.59. The van der Waals surface area contributed by atoms with Crippen LogP contribution in [-0.2, 0) is 28.0 Å². The van der Waals surface area contributed by atoms with E-state index in [1.165, 1.54) is 0 Å². The van der Waals surface area contributed by atoms with Crippen molar-refractivity contribution in [1.29, 1.82) is 0 Å². The summed E-state index contributed by atoms with van der Waals surface area (Å²) in [6.07, 6.45) is 0.0295. The van der Waals surface area contributed by atoms with Crippen molar-refractivity contribution in [1.82, 2.24) is 0 Å².